The van der Waals surface area contributed by atoms with Gasteiger partial charge in [-0.15, -0.1) is 0 Å². The molecule has 1 aromatic rings. The van der Waals surface area contributed by atoms with E-state index in [2.05, 4.69) is 4.98 Å². The van der Waals surface area contributed by atoms with Gasteiger partial charge in [0.25, 0.3) is 10.0 Å². The van der Waals surface area contributed by atoms with Gasteiger partial charge in [0.2, 0.25) is 0 Å². The first-order valence-electron chi connectivity index (χ1n) is 4.38. The minimum Gasteiger partial charge on any atom is -0.232 e. The van der Waals surface area contributed by atoms with Crippen molar-refractivity contribution >= 4 is 42.8 Å². The predicted molar refractivity (Wildman–Crippen MR) is 66.7 cm³/mol. The van der Waals surface area contributed by atoms with Crippen LogP contribution in [0.15, 0.2) is 10.4 Å². The minimum absolute atomic E-state index is 0.00139. The maximum atomic E-state index is 11.9. The van der Waals surface area contributed by atoms with Crippen LogP contribution in [0.1, 0.15) is 0 Å². The van der Waals surface area contributed by atoms with Crippen molar-refractivity contribution in [3.8, 4) is 0 Å². The normalized spacial score (nSPS) is 13.2. The van der Waals surface area contributed by atoms with E-state index in [1.807, 2.05) is 0 Å². The summed E-state index contributed by atoms with van der Waals surface area (Å²) < 4.78 is 46.8. The first kappa shape index (κ1) is 14.8. The minimum atomic E-state index is -3.70. The lowest BCUT2D eigenvalue weighted by Gasteiger charge is -2.14. The zero-order valence-electron chi connectivity index (χ0n) is 9.12. The molecule has 0 bridgehead atoms. The molecule has 1 rings (SSSR count). The number of aromatic nitrogens is 1. The summed E-state index contributed by atoms with van der Waals surface area (Å²) in [5.41, 5.74) is 0. The van der Waals surface area contributed by atoms with E-state index in [4.69, 9.17) is 11.6 Å². The lowest BCUT2D eigenvalue weighted by atomic mass is 10.8. The molecular weight excluding hydrogens is 308 g/mol. The first-order chi connectivity index (χ1) is 7.63. The second-order valence-corrected chi connectivity index (χ2v) is 9.53. The molecule has 0 spiro atoms. The van der Waals surface area contributed by atoms with Gasteiger partial charge < -0.3 is 0 Å². The lowest BCUT2D eigenvalue weighted by Crippen LogP contribution is -2.31. The van der Waals surface area contributed by atoms with Gasteiger partial charge in [0.1, 0.15) is 9.84 Å². The molecule has 0 aliphatic rings. The molecule has 98 valence electrons. The maximum Gasteiger partial charge on any atom is 0.253 e. The first-order valence-corrected chi connectivity index (χ1v) is 9.08. The van der Waals surface area contributed by atoms with Gasteiger partial charge in [-0.3, -0.25) is 0 Å². The van der Waals surface area contributed by atoms with Crippen molar-refractivity contribution in [2.24, 2.45) is 0 Å². The number of sulfonamides is 1. The second kappa shape index (κ2) is 5.19. The molecule has 0 N–H and O–H groups in total. The molecule has 0 radical (unpaired) electrons. The van der Waals surface area contributed by atoms with Gasteiger partial charge in [-0.1, -0.05) is 22.9 Å². The fraction of sp³-hybridized carbons (Fsp3) is 0.571. The number of nitrogens with zero attached hydrogens (tertiary/aromatic N) is 2. The molecule has 10 heteroatoms. The van der Waals surface area contributed by atoms with E-state index in [1.54, 1.807) is 0 Å². The Hall–Kier alpha value is -0.220. The average molecular weight is 319 g/mol. The Morgan fingerprint density at radius 3 is 2.41 bits per heavy atom. The standard InChI is InChI=1S/C7H11ClN2O4S3/c1-10(3-4-16(2,11)12)17(13,14)6-5-9-7(8)15-6/h5H,3-4H2,1-2H3. The molecule has 6 nitrogen and oxygen atoms in total. The molecule has 0 unspecified atom stereocenters. The molecule has 0 aliphatic carbocycles. The summed E-state index contributed by atoms with van der Waals surface area (Å²) in [6, 6.07) is 0. The largest absolute Gasteiger partial charge is 0.253 e. The van der Waals surface area contributed by atoms with Crippen LogP contribution in [-0.4, -0.2) is 51.7 Å². The van der Waals surface area contributed by atoms with E-state index in [-0.39, 0.29) is 21.0 Å². The topological polar surface area (TPSA) is 84.4 Å². The van der Waals surface area contributed by atoms with Crippen LogP contribution in [0.4, 0.5) is 0 Å². The fourth-order valence-corrected chi connectivity index (χ4v) is 4.32. The SMILES string of the molecule is CN(CCS(C)(=O)=O)S(=O)(=O)c1cnc(Cl)s1. The third kappa shape index (κ3) is 4.18. The summed E-state index contributed by atoms with van der Waals surface area (Å²) in [7, 11) is -5.59. The van der Waals surface area contributed by atoms with Crippen LogP contribution in [0, 0.1) is 0 Å². The summed E-state index contributed by atoms with van der Waals surface area (Å²) in [6.45, 7) is -0.101. The molecule has 0 saturated heterocycles. The van der Waals surface area contributed by atoms with E-state index in [0.29, 0.717) is 0 Å². The smallest absolute Gasteiger partial charge is 0.232 e. The van der Waals surface area contributed by atoms with Crippen LogP contribution in [0.2, 0.25) is 4.47 Å². The van der Waals surface area contributed by atoms with Crippen LogP contribution < -0.4 is 0 Å². The molecule has 0 saturated carbocycles. The van der Waals surface area contributed by atoms with Crippen LogP contribution in [-0.2, 0) is 19.9 Å². The summed E-state index contributed by atoms with van der Waals surface area (Å²) in [5.74, 6) is -0.227. The molecule has 0 fully saturated rings. The highest BCUT2D eigenvalue weighted by molar-refractivity contribution is 7.91. The van der Waals surface area contributed by atoms with Gasteiger partial charge in [-0.25, -0.2) is 21.8 Å². The van der Waals surface area contributed by atoms with Crippen molar-refractivity contribution in [1.82, 2.24) is 9.29 Å². The van der Waals surface area contributed by atoms with Gasteiger partial charge in [0.05, 0.1) is 11.9 Å². The summed E-state index contributed by atoms with van der Waals surface area (Å²) >= 11 is 6.38. The van der Waals surface area contributed by atoms with E-state index >= 15 is 0 Å². The zero-order valence-corrected chi connectivity index (χ0v) is 12.3. The molecule has 17 heavy (non-hydrogen) atoms. The zero-order chi connectivity index (χ0) is 13.3. The van der Waals surface area contributed by atoms with Crippen molar-refractivity contribution in [3.05, 3.63) is 10.7 Å². The Morgan fingerprint density at radius 2 is 2.00 bits per heavy atom. The van der Waals surface area contributed by atoms with E-state index in [1.165, 1.54) is 7.05 Å². The summed E-state index contributed by atoms with van der Waals surface area (Å²) in [5, 5.41) is 0. The van der Waals surface area contributed by atoms with Crippen LogP contribution >= 0.6 is 22.9 Å². The monoisotopic (exact) mass is 318 g/mol. The highest BCUT2D eigenvalue weighted by Crippen LogP contribution is 2.24. The Morgan fingerprint density at radius 1 is 1.41 bits per heavy atom. The Kier molecular flexibility index (Phi) is 4.53. The van der Waals surface area contributed by atoms with E-state index in [0.717, 1.165) is 28.1 Å². The van der Waals surface area contributed by atoms with Crippen molar-refractivity contribution < 1.29 is 16.8 Å². The summed E-state index contributed by atoms with van der Waals surface area (Å²) in [4.78, 5) is 3.63. The molecule has 0 aromatic carbocycles. The summed E-state index contributed by atoms with van der Waals surface area (Å²) in [6.07, 6.45) is 2.20. The molecular formula is C7H11ClN2O4S3. The maximum absolute atomic E-state index is 11.9. The third-order valence-corrected chi connectivity index (χ3v) is 6.23. The number of thiazole rings is 1. The Labute approximate surface area is 109 Å². The molecule has 0 aliphatic heterocycles. The van der Waals surface area contributed by atoms with Crippen molar-refractivity contribution in [2.75, 3.05) is 25.6 Å². The van der Waals surface area contributed by atoms with Crippen molar-refractivity contribution in [2.45, 2.75) is 4.21 Å². The number of hydrogen-bond acceptors (Lipinski definition) is 6. The Balaban J connectivity index is 2.85. The van der Waals surface area contributed by atoms with E-state index in [9.17, 15) is 16.8 Å². The van der Waals surface area contributed by atoms with Gasteiger partial charge in [-0.2, -0.15) is 4.31 Å². The molecule has 1 aromatic heterocycles. The van der Waals surface area contributed by atoms with Gasteiger partial charge in [0.15, 0.2) is 8.68 Å². The fourth-order valence-electron chi connectivity index (χ4n) is 0.927. The quantitative estimate of drug-likeness (QED) is 0.787. The number of hydrogen-bond donors (Lipinski definition) is 0. The molecule has 0 atom stereocenters. The van der Waals surface area contributed by atoms with Crippen LogP contribution in [0.5, 0.6) is 0 Å². The predicted octanol–water partition coefficient (Wildman–Crippen LogP) is 0.462. The Bertz CT molecular complexity index is 592. The van der Waals surface area contributed by atoms with Crippen LogP contribution in [0.3, 0.4) is 0 Å². The van der Waals surface area contributed by atoms with Crippen molar-refractivity contribution in [1.29, 1.82) is 0 Å². The highest BCUT2D eigenvalue weighted by Gasteiger charge is 2.24. The highest BCUT2D eigenvalue weighted by atomic mass is 35.5. The van der Waals surface area contributed by atoms with Gasteiger partial charge >= 0.3 is 0 Å². The number of halogens is 1. The second-order valence-electron chi connectivity index (χ2n) is 3.39. The third-order valence-electron chi connectivity index (χ3n) is 1.90. The molecule has 1 heterocycles. The lowest BCUT2D eigenvalue weighted by molar-refractivity contribution is 0.486. The van der Waals surface area contributed by atoms with Gasteiger partial charge in [0, 0.05) is 19.8 Å². The van der Waals surface area contributed by atoms with Crippen molar-refractivity contribution in [3.63, 3.8) is 0 Å². The number of rotatable bonds is 5. The van der Waals surface area contributed by atoms with E-state index < -0.39 is 19.9 Å². The average Bonchev–Trinajstić information content (AvgIpc) is 2.60. The number of sulfone groups is 1. The van der Waals surface area contributed by atoms with Crippen LogP contribution in [0.25, 0.3) is 0 Å². The van der Waals surface area contributed by atoms with Gasteiger partial charge in [-0.05, 0) is 0 Å². The molecule has 0 amide bonds.